The molecule has 1 heterocycles. The summed E-state index contributed by atoms with van der Waals surface area (Å²) >= 11 is 8.37. The number of aromatic carboxylic acids is 1. The number of hydrazone groups is 1. The van der Waals surface area contributed by atoms with Gasteiger partial charge in [-0.1, -0.05) is 11.6 Å². The van der Waals surface area contributed by atoms with E-state index in [1.807, 2.05) is 12.1 Å². The molecule has 0 radical (unpaired) electrons. The molecule has 0 saturated heterocycles. The molecule has 0 saturated carbocycles. The summed E-state index contributed by atoms with van der Waals surface area (Å²) in [6.07, 6.45) is -4.72. The van der Waals surface area contributed by atoms with Crippen molar-refractivity contribution >= 4 is 57.2 Å². The smallest absolute Gasteiger partial charge is 0.478 e. The molecule has 0 amide bonds. The van der Waals surface area contributed by atoms with Gasteiger partial charge in [0.2, 0.25) is 0 Å². The van der Waals surface area contributed by atoms with Crippen LogP contribution in [0.5, 0.6) is 5.75 Å². The quantitative estimate of drug-likeness (QED) is 0.312. The zero-order valence-electron chi connectivity index (χ0n) is 17.2. The van der Waals surface area contributed by atoms with Gasteiger partial charge in [-0.15, -0.1) is 13.2 Å². The van der Waals surface area contributed by atoms with Crippen molar-refractivity contribution in [3.05, 3.63) is 86.4 Å². The number of ether oxygens (including phenoxy) is 1. The molecule has 0 bridgehead atoms. The highest BCUT2D eigenvalue weighted by molar-refractivity contribution is 14.1. The van der Waals surface area contributed by atoms with Crippen LogP contribution in [-0.4, -0.2) is 29.3 Å². The van der Waals surface area contributed by atoms with E-state index >= 15 is 0 Å². The van der Waals surface area contributed by atoms with Crippen molar-refractivity contribution < 1.29 is 27.8 Å². The van der Waals surface area contributed by atoms with Gasteiger partial charge in [0.05, 0.1) is 17.0 Å². The second-order valence-electron chi connectivity index (χ2n) is 7.34. The number of nitrogens with zero attached hydrogens (tertiary/aromatic N) is 2. The van der Waals surface area contributed by atoms with Gasteiger partial charge in [-0.25, -0.2) is 9.80 Å². The van der Waals surface area contributed by atoms with Crippen LogP contribution in [0.4, 0.5) is 24.5 Å². The summed E-state index contributed by atoms with van der Waals surface area (Å²) in [6.45, 7) is 0. The maximum Gasteiger partial charge on any atom is 0.573 e. The molecular formula is C23H16ClF3IN3O3. The number of anilines is 2. The van der Waals surface area contributed by atoms with Gasteiger partial charge in [0.15, 0.2) is 0 Å². The summed E-state index contributed by atoms with van der Waals surface area (Å²) in [5.74, 6) is -1.37. The first-order valence-electron chi connectivity index (χ1n) is 9.86. The number of nitrogens with one attached hydrogen (secondary N) is 1. The standard InChI is InChI=1S/C23H16ClF3IN3O3/c24-15-9-14(10-16(28)11-15)20-12-21(29-17-3-1-13(2-4-17)22(32)33)31(30-20)18-5-7-19(8-6-18)34-23(25,26)27/h1-11,21,29H,12H2,(H,32,33). The van der Waals surface area contributed by atoms with E-state index in [1.165, 1.54) is 36.4 Å². The van der Waals surface area contributed by atoms with Gasteiger partial charge in [0.1, 0.15) is 11.9 Å². The third-order valence-corrected chi connectivity index (χ3v) is 5.75. The molecule has 0 spiro atoms. The van der Waals surface area contributed by atoms with Crippen LogP contribution in [0, 0.1) is 3.57 Å². The molecule has 0 fully saturated rings. The Morgan fingerprint density at radius 1 is 1.12 bits per heavy atom. The van der Waals surface area contributed by atoms with E-state index in [-0.39, 0.29) is 11.3 Å². The Kier molecular flexibility index (Phi) is 6.89. The Labute approximate surface area is 211 Å². The summed E-state index contributed by atoms with van der Waals surface area (Å²) < 4.78 is 42.4. The minimum atomic E-state index is -4.78. The van der Waals surface area contributed by atoms with Crippen molar-refractivity contribution in [2.75, 3.05) is 10.3 Å². The van der Waals surface area contributed by atoms with Crippen molar-refractivity contribution in [3.8, 4) is 5.75 Å². The zero-order chi connectivity index (χ0) is 24.5. The Hall–Kier alpha value is -2.99. The molecule has 11 heteroatoms. The van der Waals surface area contributed by atoms with E-state index in [1.54, 1.807) is 23.2 Å². The molecule has 1 unspecified atom stereocenters. The number of rotatable bonds is 6. The van der Waals surface area contributed by atoms with Gasteiger partial charge in [0.25, 0.3) is 0 Å². The lowest BCUT2D eigenvalue weighted by Crippen LogP contribution is -2.33. The van der Waals surface area contributed by atoms with E-state index in [4.69, 9.17) is 21.8 Å². The SMILES string of the molecule is O=C(O)c1ccc(NC2CC(c3cc(Cl)cc(I)c3)=NN2c2ccc(OC(F)(F)F)cc2)cc1. The van der Waals surface area contributed by atoms with Gasteiger partial charge in [-0.3, -0.25) is 0 Å². The first-order chi connectivity index (χ1) is 16.1. The number of alkyl halides is 3. The lowest BCUT2D eigenvalue weighted by Gasteiger charge is -2.25. The highest BCUT2D eigenvalue weighted by atomic mass is 127. The van der Waals surface area contributed by atoms with Gasteiger partial charge in [0, 0.05) is 26.3 Å². The summed E-state index contributed by atoms with van der Waals surface area (Å²) in [7, 11) is 0. The van der Waals surface area contributed by atoms with Crippen molar-refractivity contribution in [1.82, 2.24) is 0 Å². The lowest BCUT2D eigenvalue weighted by atomic mass is 10.1. The topological polar surface area (TPSA) is 74.2 Å². The molecule has 1 aliphatic heterocycles. The van der Waals surface area contributed by atoms with E-state index < -0.39 is 18.5 Å². The highest BCUT2D eigenvalue weighted by Gasteiger charge is 2.32. The highest BCUT2D eigenvalue weighted by Crippen LogP contribution is 2.31. The molecule has 0 aliphatic carbocycles. The molecule has 2 N–H and O–H groups in total. The third-order valence-electron chi connectivity index (χ3n) is 4.91. The maximum atomic E-state index is 12.5. The van der Waals surface area contributed by atoms with Crippen molar-refractivity contribution in [3.63, 3.8) is 0 Å². The largest absolute Gasteiger partial charge is 0.573 e. The number of benzene rings is 3. The second kappa shape index (κ2) is 9.71. The van der Waals surface area contributed by atoms with E-state index in [9.17, 15) is 18.0 Å². The minimum Gasteiger partial charge on any atom is -0.478 e. The number of carbonyl (C=O) groups is 1. The Morgan fingerprint density at radius 3 is 2.38 bits per heavy atom. The predicted molar refractivity (Wildman–Crippen MR) is 132 cm³/mol. The number of halogens is 5. The first kappa shape index (κ1) is 24.1. The first-order valence-corrected chi connectivity index (χ1v) is 11.3. The van der Waals surface area contributed by atoms with Gasteiger partial charge in [-0.2, -0.15) is 5.10 Å². The monoisotopic (exact) mass is 601 g/mol. The van der Waals surface area contributed by atoms with Crippen molar-refractivity contribution in [2.45, 2.75) is 18.9 Å². The number of hydrogen-bond acceptors (Lipinski definition) is 5. The fourth-order valence-electron chi connectivity index (χ4n) is 3.46. The van der Waals surface area contributed by atoms with Crippen LogP contribution in [0.1, 0.15) is 22.3 Å². The summed E-state index contributed by atoms with van der Waals surface area (Å²) in [5, 5.41) is 19.3. The minimum absolute atomic E-state index is 0.152. The summed E-state index contributed by atoms with van der Waals surface area (Å²) in [6, 6.07) is 17.2. The molecule has 1 atom stereocenters. The van der Waals surface area contributed by atoms with Crippen LogP contribution >= 0.6 is 34.2 Å². The van der Waals surface area contributed by atoms with Crippen LogP contribution in [-0.2, 0) is 0 Å². The van der Waals surface area contributed by atoms with Crippen LogP contribution in [0.2, 0.25) is 5.02 Å². The van der Waals surface area contributed by atoms with Crippen LogP contribution in [0.3, 0.4) is 0 Å². The Morgan fingerprint density at radius 2 is 1.79 bits per heavy atom. The van der Waals surface area contributed by atoms with Crippen LogP contribution in [0.25, 0.3) is 0 Å². The average Bonchev–Trinajstić information content (AvgIpc) is 3.17. The van der Waals surface area contributed by atoms with Crippen LogP contribution in [0.15, 0.2) is 71.8 Å². The molecule has 1 aliphatic rings. The molecule has 6 nitrogen and oxygen atoms in total. The van der Waals surface area contributed by atoms with Gasteiger partial charge >= 0.3 is 12.3 Å². The summed E-state index contributed by atoms with van der Waals surface area (Å²) in [5.41, 5.74) is 2.91. The normalized spacial score (nSPS) is 15.7. The fourth-order valence-corrected chi connectivity index (χ4v) is 4.55. The van der Waals surface area contributed by atoms with Crippen molar-refractivity contribution in [1.29, 1.82) is 0 Å². The average molecular weight is 602 g/mol. The molecule has 3 aromatic carbocycles. The molecule has 34 heavy (non-hydrogen) atoms. The third kappa shape index (κ3) is 5.92. The van der Waals surface area contributed by atoms with E-state index in [0.717, 1.165) is 14.8 Å². The maximum absolute atomic E-state index is 12.5. The molecular weight excluding hydrogens is 586 g/mol. The number of carboxylic acids is 1. The summed E-state index contributed by atoms with van der Waals surface area (Å²) in [4.78, 5) is 11.1. The Bertz CT molecular complexity index is 1210. The van der Waals surface area contributed by atoms with Crippen LogP contribution < -0.4 is 15.1 Å². The fraction of sp³-hybridized carbons (Fsp3) is 0.130. The molecule has 0 aromatic heterocycles. The second-order valence-corrected chi connectivity index (χ2v) is 9.02. The van der Waals surface area contributed by atoms with E-state index in [2.05, 4.69) is 32.6 Å². The van der Waals surface area contributed by atoms with Gasteiger partial charge < -0.3 is 15.2 Å². The van der Waals surface area contributed by atoms with Gasteiger partial charge in [-0.05, 0) is 89.3 Å². The number of hydrogen-bond donors (Lipinski definition) is 2. The predicted octanol–water partition coefficient (Wildman–Crippen LogP) is 6.59. The molecule has 3 aromatic rings. The molecule has 4 rings (SSSR count). The van der Waals surface area contributed by atoms with Crippen molar-refractivity contribution in [2.24, 2.45) is 5.10 Å². The van der Waals surface area contributed by atoms with E-state index in [0.29, 0.717) is 22.8 Å². The number of carboxylic acid groups (broad SMARTS) is 1. The lowest BCUT2D eigenvalue weighted by molar-refractivity contribution is -0.274. The molecule has 176 valence electrons. The zero-order valence-corrected chi connectivity index (χ0v) is 20.1. The Balaban J connectivity index is 1.64.